The molecule has 0 spiro atoms. The van der Waals surface area contributed by atoms with Crippen LogP contribution in [0, 0.1) is 11.6 Å². The summed E-state index contributed by atoms with van der Waals surface area (Å²) in [6.07, 6.45) is 0. The van der Waals surface area contributed by atoms with Crippen LogP contribution in [0.2, 0.25) is 6.82 Å². The van der Waals surface area contributed by atoms with Crippen molar-refractivity contribution in [1.29, 1.82) is 0 Å². The second kappa shape index (κ2) is 3.01. The van der Waals surface area contributed by atoms with Crippen molar-refractivity contribution in [2.75, 3.05) is 0 Å². The Morgan fingerprint density at radius 1 is 1.18 bits per heavy atom. The lowest BCUT2D eigenvalue weighted by atomic mass is 9.64. The van der Waals surface area contributed by atoms with Crippen LogP contribution in [0.4, 0.5) is 8.78 Å². The standard InChI is InChI=1S/C7H7BF2O/c1-8(11)5-2-6(9)4-7(10)3-5/h2-4,11H,1H3. The van der Waals surface area contributed by atoms with E-state index in [4.69, 9.17) is 5.02 Å². The highest BCUT2D eigenvalue weighted by molar-refractivity contribution is 6.64. The van der Waals surface area contributed by atoms with E-state index in [9.17, 15) is 8.78 Å². The van der Waals surface area contributed by atoms with Gasteiger partial charge < -0.3 is 5.02 Å². The van der Waals surface area contributed by atoms with Crippen molar-refractivity contribution in [3.63, 3.8) is 0 Å². The maximum Gasteiger partial charge on any atom is 0.320 e. The van der Waals surface area contributed by atoms with Gasteiger partial charge in [0.2, 0.25) is 0 Å². The number of hydrogen-bond donors (Lipinski definition) is 1. The summed E-state index contributed by atoms with van der Waals surface area (Å²) in [5, 5.41) is 8.94. The topological polar surface area (TPSA) is 20.2 Å². The van der Waals surface area contributed by atoms with E-state index in [1.165, 1.54) is 6.82 Å². The van der Waals surface area contributed by atoms with Crippen molar-refractivity contribution in [2.24, 2.45) is 0 Å². The largest absolute Gasteiger partial charge is 0.446 e. The summed E-state index contributed by atoms with van der Waals surface area (Å²) in [5.41, 5.74) is 0.252. The Hall–Kier alpha value is -0.895. The molecule has 0 radical (unpaired) electrons. The quantitative estimate of drug-likeness (QED) is 0.595. The molecule has 1 nitrogen and oxygen atoms in total. The lowest BCUT2D eigenvalue weighted by Crippen LogP contribution is -2.26. The van der Waals surface area contributed by atoms with Gasteiger partial charge >= 0.3 is 6.92 Å². The number of halogens is 2. The molecule has 58 valence electrons. The van der Waals surface area contributed by atoms with E-state index in [0.29, 0.717) is 0 Å². The summed E-state index contributed by atoms with van der Waals surface area (Å²) in [5.74, 6) is -1.33. The Morgan fingerprint density at radius 3 is 2.00 bits per heavy atom. The van der Waals surface area contributed by atoms with Crippen LogP contribution in [0.5, 0.6) is 0 Å². The molecule has 1 aromatic carbocycles. The molecular formula is C7H7BF2O. The minimum atomic E-state index is -0.833. The number of rotatable bonds is 1. The summed E-state index contributed by atoms with van der Waals surface area (Å²) < 4.78 is 24.9. The first kappa shape index (κ1) is 8.20. The molecular weight excluding hydrogens is 149 g/mol. The van der Waals surface area contributed by atoms with Crippen LogP contribution in [-0.2, 0) is 0 Å². The van der Waals surface area contributed by atoms with Crippen LogP contribution in [0.1, 0.15) is 0 Å². The van der Waals surface area contributed by atoms with Crippen LogP contribution >= 0.6 is 0 Å². The fourth-order valence-corrected chi connectivity index (χ4v) is 0.816. The Labute approximate surface area is 63.8 Å². The molecule has 11 heavy (non-hydrogen) atoms. The fraction of sp³-hybridized carbons (Fsp3) is 0.143. The zero-order chi connectivity index (χ0) is 8.43. The Morgan fingerprint density at radius 2 is 1.64 bits per heavy atom. The molecule has 0 saturated carbocycles. The highest BCUT2D eigenvalue weighted by atomic mass is 19.1. The third-order valence-electron chi connectivity index (χ3n) is 1.37. The van der Waals surface area contributed by atoms with Crippen LogP contribution in [0.15, 0.2) is 18.2 Å². The van der Waals surface area contributed by atoms with E-state index >= 15 is 0 Å². The normalized spacial score (nSPS) is 9.82. The summed E-state index contributed by atoms with van der Waals surface area (Å²) >= 11 is 0. The first-order chi connectivity index (χ1) is 5.09. The molecule has 0 atom stereocenters. The summed E-state index contributed by atoms with van der Waals surface area (Å²) in [7, 11) is 0. The van der Waals surface area contributed by atoms with E-state index in [1.807, 2.05) is 0 Å². The number of hydrogen-bond acceptors (Lipinski definition) is 1. The maximum absolute atomic E-state index is 12.4. The summed E-state index contributed by atoms with van der Waals surface area (Å²) in [6, 6.07) is 2.98. The van der Waals surface area contributed by atoms with Crippen LogP contribution in [-0.4, -0.2) is 11.9 Å². The van der Waals surface area contributed by atoms with Gasteiger partial charge in [-0.15, -0.1) is 0 Å². The molecule has 0 aliphatic rings. The van der Waals surface area contributed by atoms with Crippen molar-refractivity contribution >= 4 is 12.4 Å². The Kier molecular flexibility index (Phi) is 2.24. The van der Waals surface area contributed by atoms with Crippen molar-refractivity contribution in [3.8, 4) is 0 Å². The SMILES string of the molecule is CB(O)c1cc(F)cc(F)c1. The van der Waals surface area contributed by atoms with Crippen molar-refractivity contribution < 1.29 is 13.8 Å². The third-order valence-corrected chi connectivity index (χ3v) is 1.37. The van der Waals surface area contributed by atoms with Crippen molar-refractivity contribution in [1.82, 2.24) is 0 Å². The lowest BCUT2D eigenvalue weighted by molar-refractivity contribution is 0.577. The molecule has 0 saturated heterocycles. The predicted octanol–water partition coefficient (Wildman–Crippen LogP) is 0.785. The van der Waals surface area contributed by atoms with E-state index in [-0.39, 0.29) is 5.46 Å². The highest BCUT2D eigenvalue weighted by Crippen LogP contribution is 1.99. The molecule has 1 N–H and O–H groups in total. The van der Waals surface area contributed by atoms with E-state index in [2.05, 4.69) is 0 Å². The first-order valence-electron chi connectivity index (χ1n) is 3.23. The average Bonchev–Trinajstić information content (AvgIpc) is 1.85. The van der Waals surface area contributed by atoms with E-state index in [0.717, 1.165) is 18.2 Å². The lowest BCUT2D eigenvalue weighted by Gasteiger charge is -2.00. The van der Waals surface area contributed by atoms with Gasteiger partial charge in [0, 0.05) is 6.07 Å². The van der Waals surface area contributed by atoms with Crippen molar-refractivity contribution in [2.45, 2.75) is 6.82 Å². The molecule has 0 unspecified atom stereocenters. The molecule has 0 aliphatic heterocycles. The average molecular weight is 156 g/mol. The Balaban J connectivity index is 3.08. The molecule has 0 amide bonds. The van der Waals surface area contributed by atoms with E-state index in [1.54, 1.807) is 0 Å². The molecule has 0 aliphatic carbocycles. The van der Waals surface area contributed by atoms with Gasteiger partial charge in [0.05, 0.1) is 0 Å². The van der Waals surface area contributed by atoms with Crippen molar-refractivity contribution in [3.05, 3.63) is 29.8 Å². The minimum Gasteiger partial charge on any atom is -0.446 e. The molecule has 0 heterocycles. The molecule has 4 heteroatoms. The van der Waals surface area contributed by atoms with Crippen LogP contribution in [0.3, 0.4) is 0 Å². The monoisotopic (exact) mass is 156 g/mol. The molecule has 1 rings (SSSR count). The highest BCUT2D eigenvalue weighted by Gasteiger charge is 2.08. The Bertz CT molecular complexity index is 242. The van der Waals surface area contributed by atoms with Gasteiger partial charge in [-0.25, -0.2) is 8.78 Å². The fourth-order valence-electron chi connectivity index (χ4n) is 0.816. The van der Waals surface area contributed by atoms with Gasteiger partial charge in [-0.1, -0.05) is 6.82 Å². The zero-order valence-corrected chi connectivity index (χ0v) is 6.01. The molecule has 0 bridgehead atoms. The van der Waals surface area contributed by atoms with Crippen LogP contribution < -0.4 is 5.46 Å². The second-order valence-electron chi connectivity index (χ2n) is 2.38. The number of benzene rings is 1. The minimum absolute atomic E-state index is 0.252. The first-order valence-corrected chi connectivity index (χ1v) is 3.23. The van der Waals surface area contributed by atoms with E-state index < -0.39 is 18.6 Å². The predicted molar refractivity (Wildman–Crippen MR) is 39.8 cm³/mol. The zero-order valence-electron chi connectivity index (χ0n) is 6.01. The van der Waals surface area contributed by atoms with Gasteiger partial charge in [0.15, 0.2) is 0 Å². The smallest absolute Gasteiger partial charge is 0.320 e. The molecule has 1 aromatic rings. The van der Waals surface area contributed by atoms with Gasteiger partial charge in [0.25, 0.3) is 0 Å². The van der Waals surface area contributed by atoms with Gasteiger partial charge in [-0.3, -0.25) is 0 Å². The third kappa shape index (κ3) is 2.01. The van der Waals surface area contributed by atoms with Gasteiger partial charge in [0.1, 0.15) is 11.6 Å². The summed E-state index contributed by atoms with van der Waals surface area (Å²) in [4.78, 5) is 0. The molecule has 0 aromatic heterocycles. The van der Waals surface area contributed by atoms with Gasteiger partial charge in [-0.2, -0.15) is 0 Å². The van der Waals surface area contributed by atoms with Crippen LogP contribution in [0.25, 0.3) is 0 Å². The van der Waals surface area contributed by atoms with Gasteiger partial charge in [-0.05, 0) is 17.6 Å². The second-order valence-corrected chi connectivity index (χ2v) is 2.38. The summed E-state index contributed by atoms with van der Waals surface area (Å²) in [6.45, 7) is 0.619. The maximum atomic E-state index is 12.4. The molecule has 0 fully saturated rings.